The number of aryl methyl sites for hydroxylation is 1. The summed E-state index contributed by atoms with van der Waals surface area (Å²) in [6.45, 7) is 0. The predicted octanol–water partition coefficient (Wildman–Crippen LogP) is 3.67. The summed E-state index contributed by atoms with van der Waals surface area (Å²) in [5.41, 5.74) is 1.75. The van der Waals surface area contributed by atoms with Crippen molar-refractivity contribution in [2.75, 3.05) is 5.32 Å². The Bertz CT molecular complexity index is 557. The first-order valence-corrected chi connectivity index (χ1v) is 6.99. The Labute approximate surface area is 117 Å². The highest BCUT2D eigenvalue weighted by atomic mass is 79.9. The van der Waals surface area contributed by atoms with Gasteiger partial charge in [0.05, 0.1) is 12.1 Å². The molecule has 0 bridgehead atoms. The highest BCUT2D eigenvalue weighted by Crippen LogP contribution is 2.23. The molecule has 1 heterocycles. The number of nitrogens with one attached hydrogen (secondary N) is 1. The zero-order valence-corrected chi connectivity index (χ0v) is 11.8. The molecule has 0 radical (unpaired) electrons. The lowest BCUT2D eigenvalue weighted by Crippen LogP contribution is -1.98. The Kier molecular flexibility index (Phi) is 4.33. The van der Waals surface area contributed by atoms with Crippen molar-refractivity contribution in [1.82, 2.24) is 4.98 Å². The summed E-state index contributed by atoms with van der Waals surface area (Å²) in [5, 5.41) is 14.4. The molecule has 0 atom stereocenters. The molecular formula is C12H11BrN2O2S. The van der Waals surface area contributed by atoms with Gasteiger partial charge in [-0.1, -0.05) is 22.0 Å². The summed E-state index contributed by atoms with van der Waals surface area (Å²) in [4.78, 5) is 14.8. The molecule has 4 nitrogen and oxygen atoms in total. The van der Waals surface area contributed by atoms with E-state index in [1.807, 2.05) is 29.6 Å². The van der Waals surface area contributed by atoms with Crippen LogP contribution in [0.4, 0.5) is 10.8 Å². The van der Waals surface area contributed by atoms with E-state index < -0.39 is 5.97 Å². The quantitative estimate of drug-likeness (QED) is 0.880. The van der Waals surface area contributed by atoms with Crippen LogP contribution in [0.3, 0.4) is 0 Å². The number of aliphatic carboxylic acids is 1. The minimum absolute atomic E-state index is 0.111. The van der Waals surface area contributed by atoms with E-state index in [4.69, 9.17) is 5.11 Å². The third-order valence-corrected chi connectivity index (χ3v) is 3.52. The van der Waals surface area contributed by atoms with Crippen molar-refractivity contribution in [3.63, 3.8) is 0 Å². The highest BCUT2D eigenvalue weighted by Gasteiger charge is 2.05. The van der Waals surface area contributed by atoms with E-state index in [0.717, 1.165) is 21.0 Å². The molecule has 2 N–H and O–H groups in total. The van der Waals surface area contributed by atoms with Gasteiger partial charge in [0.1, 0.15) is 0 Å². The van der Waals surface area contributed by atoms with Crippen molar-refractivity contribution in [1.29, 1.82) is 0 Å². The fourth-order valence-corrected chi connectivity index (χ4v) is 2.57. The zero-order valence-electron chi connectivity index (χ0n) is 9.39. The Hall–Kier alpha value is -1.40. The molecule has 0 spiro atoms. The Morgan fingerprint density at radius 1 is 1.50 bits per heavy atom. The number of rotatable bonds is 5. The minimum Gasteiger partial charge on any atom is -0.481 e. The van der Waals surface area contributed by atoms with Gasteiger partial charge in [-0.15, -0.1) is 11.3 Å². The number of benzene rings is 1. The number of nitrogens with zero attached hydrogens (tertiary/aromatic N) is 1. The van der Waals surface area contributed by atoms with Crippen molar-refractivity contribution >= 4 is 44.1 Å². The van der Waals surface area contributed by atoms with Crippen LogP contribution in [0.2, 0.25) is 0 Å². The normalized spacial score (nSPS) is 10.3. The van der Waals surface area contributed by atoms with Crippen LogP contribution in [0.15, 0.2) is 34.1 Å². The van der Waals surface area contributed by atoms with E-state index in [-0.39, 0.29) is 6.42 Å². The summed E-state index contributed by atoms with van der Waals surface area (Å²) in [6, 6.07) is 7.79. The number of aromatic nitrogens is 1. The largest absolute Gasteiger partial charge is 0.481 e. The molecule has 18 heavy (non-hydrogen) atoms. The molecule has 0 unspecified atom stereocenters. The van der Waals surface area contributed by atoms with E-state index in [2.05, 4.69) is 26.2 Å². The standard InChI is InChI=1S/C12H11BrN2O2S/c13-8-2-1-3-9(6-8)14-12-15-10(7-18-12)4-5-11(16)17/h1-3,6-7H,4-5H2,(H,14,15)(H,16,17). The van der Waals surface area contributed by atoms with Gasteiger partial charge in [0.2, 0.25) is 0 Å². The average Bonchev–Trinajstić information content (AvgIpc) is 2.74. The van der Waals surface area contributed by atoms with Crippen molar-refractivity contribution in [2.45, 2.75) is 12.8 Å². The monoisotopic (exact) mass is 326 g/mol. The first-order chi connectivity index (χ1) is 8.63. The summed E-state index contributed by atoms with van der Waals surface area (Å²) in [7, 11) is 0. The first kappa shape index (κ1) is 13.0. The van der Waals surface area contributed by atoms with Crippen LogP contribution in [0.25, 0.3) is 0 Å². The number of anilines is 2. The molecule has 0 saturated carbocycles. The highest BCUT2D eigenvalue weighted by molar-refractivity contribution is 9.10. The van der Waals surface area contributed by atoms with E-state index in [1.54, 1.807) is 0 Å². The fraction of sp³-hybridized carbons (Fsp3) is 0.167. The second-order valence-corrected chi connectivity index (χ2v) is 5.45. The Morgan fingerprint density at radius 3 is 3.06 bits per heavy atom. The zero-order chi connectivity index (χ0) is 13.0. The number of carbonyl (C=O) groups is 1. The lowest BCUT2D eigenvalue weighted by atomic mass is 10.2. The molecule has 94 valence electrons. The van der Waals surface area contributed by atoms with Crippen molar-refractivity contribution in [3.8, 4) is 0 Å². The molecule has 2 rings (SSSR count). The molecule has 2 aromatic rings. The number of carboxylic acid groups (broad SMARTS) is 1. The summed E-state index contributed by atoms with van der Waals surface area (Å²) >= 11 is 4.87. The van der Waals surface area contributed by atoms with Gasteiger partial charge in [-0.3, -0.25) is 4.79 Å². The van der Waals surface area contributed by atoms with Gasteiger partial charge in [-0.2, -0.15) is 0 Å². The van der Waals surface area contributed by atoms with Gasteiger partial charge in [0.15, 0.2) is 5.13 Å². The minimum atomic E-state index is -0.801. The molecule has 0 aliphatic rings. The van der Waals surface area contributed by atoms with Crippen LogP contribution in [0.1, 0.15) is 12.1 Å². The second-order valence-electron chi connectivity index (χ2n) is 3.67. The van der Waals surface area contributed by atoms with Crippen molar-refractivity contribution in [3.05, 3.63) is 39.8 Å². The number of hydrogen-bond acceptors (Lipinski definition) is 4. The maximum absolute atomic E-state index is 10.5. The Balaban J connectivity index is 2.00. The first-order valence-electron chi connectivity index (χ1n) is 5.32. The summed E-state index contributed by atoms with van der Waals surface area (Å²) < 4.78 is 0.996. The second kappa shape index (κ2) is 5.97. The molecule has 6 heteroatoms. The van der Waals surface area contributed by atoms with Gasteiger partial charge < -0.3 is 10.4 Å². The lowest BCUT2D eigenvalue weighted by molar-refractivity contribution is -0.136. The van der Waals surface area contributed by atoms with Crippen molar-refractivity contribution < 1.29 is 9.90 Å². The van der Waals surface area contributed by atoms with Crippen LogP contribution >= 0.6 is 27.3 Å². The molecular weight excluding hydrogens is 316 g/mol. The lowest BCUT2D eigenvalue weighted by Gasteiger charge is -2.02. The van der Waals surface area contributed by atoms with Crippen molar-refractivity contribution in [2.24, 2.45) is 0 Å². The summed E-state index contributed by atoms with van der Waals surface area (Å²) in [6.07, 6.45) is 0.575. The van der Waals surface area contributed by atoms with Crippen LogP contribution < -0.4 is 5.32 Å². The van der Waals surface area contributed by atoms with Crippen LogP contribution in [-0.4, -0.2) is 16.1 Å². The maximum atomic E-state index is 10.5. The molecule has 0 aliphatic heterocycles. The van der Waals surface area contributed by atoms with Gasteiger partial charge in [-0.05, 0) is 18.2 Å². The molecule has 1 aromatic carbocycles. The van der Waals surface area contributed by atoms with E-state index in [9.17, 15) is 4.79 Å². The Morgan fingerprint density at radius 2 is 2.33 bits per heavy atom. The number of hydrogen-bond donors (Lipinski definition) is 2. The number of thiazole rings is 1. The number of carboxylic acids is 1. The fourth-order valence-electron chi connectivity index (χ4n) is 1.40. The maximum Gasteiger partial charge on any atom is 0.303 e. The SMILES string of the molecule is O=C(O)CCc1csc(Nc2cccc(Br)c2)n1. The van der Waals surface area contributed by atoms with E-state index >= 15 is 0 Å². The van der Waals surface area contributed by atoms with Crippen LogP contribution in [0, 0.1) is 0 Å². The average molecular weight is 327 g/mol. The number of halogens is 1. The predicted molar refractivity (Wildman–Crippen MR) is 75.5 cm³/mol. The molecule has 0 fully saturated rings. The van der Waals surface area contributed by atoms with Gasteiger partial charge in [0.25, 0.3) is 0 Å². The third kappa shape index (κ3) is 3.82. The molecule has 0 amide bonds. The molecule has 1 aromatic heterocycles. The van der Waals surface area contributed by atoms with E-state index in [0.29, 0.717) is 6.42 Å². The van der Waals surface area contributed by atoms with Gasteiger partial charge >= 0.3 is 5.97 Å². The third-order valence-electron chi connectivity index (χ3n) is 2.22. The van der Waals surface area contributed by atoms with Crippen LogP contribution in [-0.2, 0) is 11.2 Å². The van der Waals surface area contributed by atoms with Gasteiger partial charge in [-0.25, -0.2) is 4.98 Å². The topological polar surface area (TPSA) is 62.2 Å². The van der Waals surface area contributed by atoms with E-state index in [1.165, 1.54) is 11.3 Å². The molecule has 0 saturated heterocycles. The van der Waals surface area contributed by atoms with Crippen LogP contribution in [0.5, 0.6) is 0 Å². The summed E-state index contributed by atoms with van der Waals surface area (Å²) in [5.74, 6) is -0.801. The smallest absolute Gasteiger partial charge is 0.303 e. The van der Waals surface area contributed by atoms with Gasteiger partial charge in [0, 0.05) is 22.0 Å². The molecule has 0 aliphatic carbocycles.